The number of nitrogens with zero attached hydrogens (tertiary/aromatic N) is 10. The topological polar surface area (TPSA) is 160 Å². The average Bonchev–Trinajstić information content (AvgIpc) is 1.38. The molecule has 85 heavy (non-hydrogen) atoms. The standard InChI is InChI=1S/C63H72F6N10O6/c1-5-84-58(80)54-44(3)78(52-16-10-14-50(40-52)62(64,65)66)60(82)76(56(54)48-22-18-46(42-70)19-23-48)30-12-28-74-36-32-72(33-37-74)26-8-7-9-27-73-34-38-75(39-35-73)29-13-31-77-57(49-24-20-47(43-71)21-25-49)55(59(81)85-6-2)45(4)79(61(77)83)53-17-11-15-51(41-53)63(67,68)69/h10-11,14-25,40-41,56-57H,5-9,12-13,26-39H2,1-4H3. The van der Waals surface area contributed by atoms with Gasteiger partial charge in [0.1, 0.15) is 0 Å². The summed E-state index contributed by atoms with van der Waals surface area (Å²) < 4.78 is 94.6. The second-order valence-electron chi connectivity index (χ2n) is 21.6. The Bertz CT molecular complexity index is 2950. The predicted molar refractivity (Wildman–Crippen MR) is 307 cm³/mol. The summed E-state index contributed by atoms with van der Waals surface area (Å²) in [5.74, 6) is -1.40. The van der Waals surface area contributed by atoms with Crippen LogP contribution in [-0.4, -0.2) is 158 Å². The van der Waals surface area contributed by atoms with Crippen LogP contribution in [0.1, 0.15) is 105 Å². The molecule has 2 fully saturated rings. The van der Waals surface area contributed by atoms with E-state index in [0.29, 0.717) is 48.2 Å². The Labute approximate surface area is 492 Å². The summed E-state index contributed by atoms with van der Waals surface area (Å²) in [4.78, 5) is 71.8. The van der Waals surface area contributed by atoms with Crippen LogP contribution in [0.15, 0.2) is 120 Å². The molecule has 0 N–H and O–H groups in total. The molecule has 2 unspecified atom stereocenters. The number of carbonyl (C=O) groups is 4. The van der Waals surface area contributed by atoms with Crippen molar-refractivity contribution < 1.29 is 55.0 Å². The minimum atomic E-state index is -4.67. The molecule has 4 amide bonds. The molecule has 4 aliphatic heterocycles. The monoisotopic (exact) mass is 1180 g/mol. The normalized spacial score (nSPS) is 18.9. The first kappa shape index (κ1) is 63.3. The fourth-order valence-corrected chi connectivity index (χ4v) is 11.8. The van der Waals surface area contributed by atoms with Crippen LogP contribution in [0, 0.1) is 22.7 Å². The lowest BCUT2D eigenvalue weighted by Crippen LogP contribution is -2.52. The molecule has 452 valence electrons. The van der Waals surface area contributed by atoms with Crippen LogP contribution in [0.4, 0.5) is 47.3 Å². The Balaban J connectivity index is 0.802. The van der Waals surface area contributed by atoms with Gasteiger partial charge in [0.05, 0.1) is 82.2 Å². The van der Waals surface area contributed by atoms with Crippen LogP contribution >= 0.6 is 0 Å². The van der Waals surface area contributed by atoms with Crippen molar-refractivity contribution in [2.75, 3.05) is 115 Å². The maximum absolute atomic E-state index is 14.6. The first-order valence-corrected chi connectivity index (χ1v) is 29.0. The molecule has 0 aromatic heterocycles. The number of benzene rings is 4. The summed E-state index contributed by atoms with van der Waals surface area (Å²) in [6.07, 6.45) is -5.15. The van der Waals surface area contributed by atoms with E-state index >= 15 is 0 Å². The molecule has 0 spiro atoms. The number of ether oxygens (including phenoxy) is 2. The van der Waals surface area contributed by atoms with Gasteiger partial charge in [-0.3, -0.25) is 9.80 Å². The highest BCUT2D eigenvalue weighted by molar-refractivity contribution is 6.04. The van der Waals surface area contributed by atoms with Gasteiger partial charge in [0.2, 0.25) is 0 Å². The van der Waals surface area contributed by atoms with Crippen molar-refractivity contribution in [3.8, 4) is 12.1 Å². The summed E-state index contributed by atoms with van der Waals surface area (Å²) in [6, 6.07) is 23.2. The Morgan fingerprint density at radius 1 is 0.494 bits per heavy atom. The summed E-state index contributed by atoms with van der Waals surface area (Å²) in [5.41, 5.74) is 0.499. The number of halogens is 6. The van der Waals surface area contributed by atoms with Crippen molar-refractivity contribution in [2.24, 2.45) is 0 Å². The molecule has 4 heterocycles. The van der Waals surface area contributed by atoms with Gasteiger partial charge in [-0.15, -0.1) is 0 Å². The summed E-state index contributed by atoms with van der Waals surface area (Å²) >= 11 is 0. The molecule has 8 rings (SSSR count). The van der Waals surface area contributed by atoms with Gasteiger partial charge >= 0.3 is 36.4 Å². The number of rotatable bonds is 22. The maximum atomic E-state index is 14.6. The minimum absolute atomic E-state index is 0.0326. The number of hydrogen-bond acceptors (Lipinski definition) is 12. The Kier molecular flexibility index (Phi) is 21.2. The second kappa shape index (κ2) is 28.4. The zero-order valence-electron chi connectivity index (χ0n) is 48.4. The van der Waals surface area contributed by atoms with Gasteiger partial charge in [-0.25, -0.2) is 19.2 Å². The number of alkyl halides is 6. The molecule has 4 aromatic carbocycles. The summed E-state index contributed by atoms with van der Waals surface area (Å²) in [5, 5.41) is 19.0. The zero-order valence-corrected chi connectivity index (χ0v) is 48.4. The van der Waals surface area contributed by atoms with Crippen molar-refractivity contribution in [1.29, 1.82) is 10.5 Å². The van der Waals surface area contributed by atoms with Crippen LogP contribution in [0.3, 0.4) is 0 Å². The third kappa shape index (κ3) is 15.2. The fraction of sp³-hybridized carbons (Fsp3) is 0.460. The van der Waals surface area contributed by atoms with Gasteiger partial charge in [-0.1, -0.05) is 42.8 Å². The molecule has 0 aliphatic carbocycles. The number of piperazine rings is 2. The van der Waals surface area contributed by atoms with E-state index in [2.05, 4.69) is 31.7 Å². The molecular formula is C63H72F6N10O6. The highest BCUT2D eigenvalue weighted by Crippen LogP contribution is 2.44. The van der Waals surface area contributed by atoms with Gasteiger partial charge in [-0.2, -0.15) is 36.9 Å². The molecule has 2 atom stereocenters. The Hall–Kier alpha value is -7.76. The van der Waals surface area contributed by atoms with E-state index in [9.17, 15) is 56.0 Å². The van der Waals surface area contributed by atoms with Gasteiger partial charge in [0.15, 0.2) is 0 Å². The number of carbonyl (C=O) groups excluding carboxylic acids is 4. The molecule has 16 nitrogen and oxygen atoms in total. The van der Waals surface area contributed by atoms with Crippen LogP contribution in [0.2, 0.25) is 0 Å². The number of nitriles is 2. The van der Waals surface area contributed by atoms with Gasteiger partial charge < -0.3 is 38.9 Å². The van der Waals surface area contributed by atoms with Crippen molar-refractivity contribution in [2.45, 2.75) is 84.2 Å². The number of urea groups is 2. The van der Waals surface area contributed by atoms with Crippen LogP contribution in [0.25, 0.3) is 0 Å². The molecular weight excluding hydrogens is 1110 g/mol. The van der Waals surface area contributed by atoms with E-state index in [0.717, 1.165) is 119 Å². The number of amides is 4. The van der Waals surface area contributed by atoms with E-state index in [1.54, 1.807) is 62.4 Å². The summed E-state index contributed by atoms with van der Waals surface area (Å²) in [6.45, 7) is 16.8. The molecule has 0 bridgehead atoms. The third-order valence-electron chi connectivity index (χ3n) is 16.2. The first-order valence-electron chi connectivity index (χ1n) is 29.0. The van der Waals surface area contributed by atoms with E-state index in [1.165, 1.54) is 47.9 Å². The van der Waals surface area contributed by atoms with Crippen molar-refractivity contribution >= 4 is 35.4 Å². The van der Waals surface area contributed by atoms with Crippen LogP contribution in [-0.2, 0) is 31.4 Å². The van der Waals surface area contributed by atoms with E-state index in [-0.39, 0.29) is 60.2 Å². The van der Waals surface area contributed by atoms with Crippen LogP contribution < -0.4 is 9.80 Å². The van der Waals surface area contributed by atoms with Crippen molar-refractivity contribution in [3.63, 3.8) is 0 Å². The summed E-state index contributed by atoms with van der Waals surface area (Å²) in [7, 11) is 0. The lowest BCUT2D eigenvalue weighted by Gasteiger charge is -2.43. The maximum Gasteiger partial charge on any atom is 0.416 e. The molecule has 4 aromatic rings. The van der Waals surface area contributed by atoms with Gasteiger partial charge in [-0.05, 0) is 151 Å². The average molecular weight is 1180 g/mol. The van der Waals surface area contributed by atoms with Crippen molar-refractivity contribution in [3.05, 3.63) is 153 Å². The number of allylic oxidation sites excluding steroid dienone is 2. The van der Waals surface area contributed by atoms with E-state index in [4.69, 9.17) is 9.47 Å². The lowest BCUT2D eigenvalue weighted by molar-refractivity contribution is -0.140. The Morgan fingerprint density at radius 2 is 0.824 bits per heavy atom. The quantitative estimate of drug-likeness (QED) is 0.0417. The number of unbranched alkanes of at least 4 members (excludes halogenated alkanes) is 2. The Morgan fingerprint density at radius 3 is 1.13 bits per heavy atom. The van der Waals surface area contributed by atoms with Crippen molar-refractivity contribution in [1.82, 2.24) is 29.4 Å². The number of hydrogen-bond donors (Lipinski definition) is 0. The minimum Gasteiger partial charge on any atom is -0.463 e. The van der Waals surface area contributed by atoms with Crippen LogP contribution in [0.5, 0.6) is 0 Å². The molecule has 22 heteroatoms. The zero-order chi connectivity index (χ0) is 61.0. The van der Waals surface area contributed by atoms with Gasteiger partial charge in [0.25, 0.3) is 0 Å². The third-order valence-corrected chi connectivity index (χ3v) is 16.2. The SMILES string of the molecule is CCOC(=O)C1=C(C)N(c2cccc(C(F)(F)F)c2)C(=O)N(CCCN2CCN(CCCCCN3CCN(CCCN4C(=O)N(c5cccc(C(F)(F)F)c5)C(C)=C(C(=O)OCC)C4c4ccc(C#N)cc4)CC3)CC2)C1c1ccc(C#N)cc1. The number of anilines is 2. The molecule has 0 radical (unpaired) electrons. The smallest absolute Gasteiger partial charge is 0.416 e. The number of esters is 2. The lowest BCUT2D eigenvalue weighted by atomic mass is 9.92. The fourth-order valence-electron chi connectivity index (χ4n) is 11.8. The van der Waals surface area contributed by atoms with E-state index < -0.39 is 59.6 Å². The second-order valence-corrected chi connectivity index (χ2v) is 21.6. The molecule has 4 aliphatic rings. The largest absolute Gasteiger partial charge is 0.463 e. The molecule has 2 saturated heterocycles. The highest BCUT2D eigenvalue weighted by Gasteiger charge is 2.45. The van der Waals surface area contributed by atoms with E-state index in [1.807, 2.05) is 0 Å². The first-order chi connectivity index (χ1) is 40.8. The molecule has 0 saturated carbocycles. The van der Waals surface area contributed by atoms with Gasteiger partial charge in [0, 0.05) is 76.8 Å². The highest BCUT2D eigenvalue weighted by atomic mass is 19.4. The predicted octanol–water partition coefficient (Wildman–Crippen LogP) is 11.0.